The smallest absolute Gasteiger partial charge is 0.299 e. The predicted octanol–water partition coefficient (Wildman–Crippen LogP) is 0.873. The van der Waals surface area contributed by atoms with Crippen LogP contribution in [-0.4, -0.2) is 8.42 Å². The zero-order valence-electron chi connectivity index (χ0n) is 5.97. The third kappa shape index (κ3) is 1.74. The average molecular weight is 183 g/mol. The minimum absolute atomic E-state index is 0.0217. The monoisotopic (exact) mass is 183 g/mol. The molecule has 0 radical (unpaired) electrons. The van der Waals surface area contributed by atoms with Crippen LogP contribution in [0.15, 0.2) is 35.2 Å². The van der Waals surface area contributed by atoms with Gasteiger partial charge in [-0.2, -0.15) is 8.42 Å². The van der Waals surface area contributed by atoms with Crippen molar-refractivity contribution >= 4 is 10.1 Å². The Morgan fingerprint density at radius 2 is 1.83 bits per heavy atom. The van der Waals surface area contributed by atoms with Gasteiger partial charge in [0, 0.05) is 0 Å². The first kappa shape index (κ1) is 8.56. The molecular formula is C7H5NO3S. The average Bonchev–Trinajstić information content (AvgIpc) is 2.06. The molecule has 1 aromatic carbocycles. The Morgan fingerprint density at radius 1 is 1.25 bits per heavy atom. The van der Waals surface area contributed by atoms with E-state index in [4.69, 9.17) is 5.26 Å². The molecule has 0 heterocycles. The van der Waals surface area contributed by atoms with E-state index < -0.39 is 10.1 Å². The molecule has 0 saturated carbocycles. The van der Waals surface area contributed by atoms with Crippen molar-refractivity contribution in [2.75, 3.05) is 0 Å². The Hall–Kier alpha value is -1.54. The summed E-state index contributed by atoms with van der Waals surface area (Å²) in [4.78, 5) is -0.0217. The number of benzene rings is 1. The van der Waals surface area contributed by atoms with Crippen LogP contribution < -0.4 is 0 Å². The first-order valence-corrected chi connectivity index (χ1v) is 4.45. The molecule has 0 bridgehead atoms. The molecule has 0 N–H and O–H groups in total. The quantitative estimate of drug-likeness (QED) is 0.504. The molecule has 62 valence electrons. The van der Waals surface area contributed by atoms with Crippen LogP contribution in [0, 0.1) is 11.5 Å². The molecule has 0 saturated heterocycles. The fourth-order valence-corrected chi connectivity index (χ4v) is 1.37. The molecule has 0 atom stereocenters. The molecule has 5 heteroatoms. The van der Waals surface area contributed by atoms with Gasteiger partial charge in [-0.1, -0.05) is 18.2 Å². The number of nitriles is 1. The van der Waals surface area contributed by atoms with E-state index in [2.05, 4.69) is 4.18 Å². The van der Waals surface area contributed by atoms with E-state index in [0.717, 1.165) is 6.26 Å². The Labute approximate surface area is 70.1 Å². The van der Waals surface area contributed by atoms with Crippen molar-refractivity contribution in [1.29, 1.82) is 5.26 Å². The van der Waals surface area contributed by atoms with E-state index in [1.165, 1.54) is 12.1 Å². The van der Waals surface area contributed by atoms with Gasteiger partial charge >= 0.3 is 16.4 Å². The van der Waals surface area contributed by atoms with E-state index >= 15 is 0 Å². The highest BCUT2D eigenvalue weighted by Gasteiger charge is 2.13. The topological polar surface area (TPSA) is 67.2 Å². The van der Waals surface area contributed by atoms with Crippen LogP contribution in [-0.2, 0) is 14.3 Å². The van der Waals surface area contributed by atoms with Crippen molar-refractivity contribution in [2.45, 2.75) is 4.90 Å². The summed E-state index contributed by atoms with van der Waals surface area (Å²) in [7, 11) is -3.87. The van der Waals surface area contributed by atoms with Gasteiger partial charge in [-0.15, -0.1) is 5.26 Å². The van der Waals surface area contributed by atoms with Gasteiger partial charge in [-0.05, 0) is 12.1 Å². The van der Waals surface area contributed by atoms with Crippen molar-refractivity contribution < 1.29 is 12.6 Å². The third-order valence-corrected chi connectivity index (χ3v) is 2.32. The maximum Gasteiger partial charge on any atom is 0.348 e. The second-order valence-corrected chi connectivity index (χ2v) is 3.49. The lowest BCUT2D eigenvalue weighted by atomic mass is 10.4. The molecule has 0 aliphatic rings. The van der Waals surface area contributed by atoms with Crippen LogP contribution in [0.2, 0.25) is 0 Å². The van der Waals surface area contributed by atoms with Gasteiger partial charge < -0.3 is 0 Å². The summed E-state index contributed by atoms with van der Waals surface area (Å²) in [6.45, 7) is 0. The van der Waals surface area contributed by atoms with Crippen LogP contribution in [0.4, 0.5) is 0 Å². The molecule has 0 amide bonds. The van der Waals surface area contributed by atoms with Gasteiger partial charge in [-0.3, -0.25) is 4.18 Å². The molecular weight excluding hydrogens is 178 g/mol. The van der Waals surface area contributed by atoms with Crippen LogP contribution in [0.1, 0.15) is 0 Å². The standard InChI is InChI=1S/C7H5NO3S/c8-6-11-12(9,10)7-4-2-1-3-5-7/h1-5H. The molecule has 1 rings (SSSR count). The van der Waals surface area contributed by atoms with Gasteiger partial charge in [0.05, 0.1) is 0 Å². The Morgan fingerprint density at radius 3 is 2.33 bits per heavy atom. The first-order chi connectivity index (χ1) is 5.67. The lowest BCUT2D eigenvalue weighted by molar-refractivity contribution is 0.459. The lowest BCUT2D eigenvalue weighted by Crippen LogP contribution is -2.01. The van der Waals surface area contributed by atoms with Gasteiger partial charge in [0.15, 0.2) is 0 Å². The zero-order valence-corrected chi connectivity index (χ0v) is 6.78. The van der Waals surface area contributed by atoms with Crippen molar-refractivity contribution in [1.82, 2.24) is 0 Å². The summed E-state index contributed by atoms with van der Waals surface area (Å²) in [6, 6.07) is 7.48. The fraction of sp³-hybridized carbons (Fsp3) is 0. The molecule has 0 unspecified atom stereocenters. The minimum atomic E-state index is -3.87. The fourth-order valence-electron chi connectivity index (χ4n) is 0.684. The summed E-state index contributed by atoms with van der Waals surface area (Å²) in [5, 5.41) is 8.01. The van der Waals surface area contributed by atoms with Crippen molar-refractivity contribution in [3.05, 3.63) is 30.3 Å². The molecule has 1 aromatic rings. The molecule has 12 heavy (non-hydrogen) atoms. The zero-order chi connectivity index (χ0) is 9.03. The lowest BCUT2D eigenvalue weighted by Gasteiger charge is -1.96. The van der Waals surface area contributed by atoms with Crippen LogP contribution >= 0.6 is 0 Å². The number of hydrogen-bond acceptors (Lipinski definition) is 4. The number of hydrogen-bond donors (Lipinski definition) is 0. The van der Waals surface area contributed by atoms with Gasteiger partial charge in [0.2, 0.25) is 0 Å². The van der Waals surface area contributed by atoms with Crippen molar-refractivity contribution in [2.24, 2.45) is 0 Å². The third-order valence-electron chi connectivity index (χ3n) is 1.18. The molecule has 0 aliphatic carbocycles. The predicted molar refractivity (Wildman–Crippen MR) is 40.3 cm³/mol. The van der Waals surface area contributed by atoms with Crippen LogP contribution in [0.3, 0.4) is 0 Å². The highest BCUT2D eigenvalue weighted by atomic mass is 32.2. The van der Waals surface area contributed by atoms with E-state index in [1.807, 2.05) is 0 Å². The molecule has 0 fully saturated rings. The molecule has 0 spiro atoms. The normalized spacial score (nSPS) is 10.2. The first-order valence-electron chi connectivity index (χ1n) is 3.04. The Bertz CT molecular complexity index is 390. The molecule has 0 aromatic heterocycles. The Kier molecular flexibility index (Phi) is 2.31. The highest BCUT2D eigenvalue weighted by molar-refractivity contribution is 7.86. The van der Waals surface area contributed by atoms with Crippen molar-refractivity contribution in [3.8, 4) is 6.26 Å². The summed E-state index contributed by atoms with van der Waals surface area (Å²) in [5.74, 6) is 0. The summed E-state index contributed by atoms with van der Waals surface area (Å²) in [6.07, 6.45) is 1.12. The molecule has 4 nitrogen and oxygen atoms in total. The van der Waals surface area contributed by atoms with Crippen LogP contribution in [0.5, 0.6) is 0 Å². The van der Waals surface area contributed by atoms with Gasteiger partial charge in [0.1, 0.15) is 4.90 Å². The van der Waals surface area contributed by atoms with Crippen LogP contribution in [0.25, 0.3) is 0 Å². The highest BCUT2D eigenvalue weighted by Crippen LogP contribution is 2.09. The van der Waals surface area contributed by atoms with Crippen molar-refractivity contribution in [3.63, 3.8) is 0 Å². The van der Waals surface area contributed by atoms with Gasteiger partial charge in [0.25, 0.3) is 0 Å². The SMILES string of the molecule is N#COS(=O)(=O)c1ccccc1. The van der Waals surface area contributed by atoms with E-state index in [0.29, 0.717) is 0 Å². The largest absolute Gasteiger partial charge is 0.348 e. The number of nitrogens with zero attached hydrogens (tertiary/aromatic N) is 1. The van der Waals surface area contributed by atoms with Gasteiger partial charge in [-0.25, -0.2) is 0 Å². The number of rotatable bonds is 2. The minimum Gasteiger partial charge on any atom is -0.299 e. The van der Waals surface area contributed by atoms with E-state index in [9.17, 15) is 8.42 Å². The van der Waals surface area contributed by atoms with E-state index in [1.54, 1.807) is 18.2 Å². The summed E-state index contributed by atoms with van der Waals surface area (Å²) in [5.41, 5.74) is 0. The Balaban J connectivity index is 3.09. The maximum atomic E-state index is 11.0. The molecule has 0 aliphatic heterocycles. The second-order valence-electron chi connectivity index (χ2n) is 1.94. The second kappa shape index (κ2) is 3.24. The summed E-state index contributed by atoms with van der Waals surface area (Å²) >= 11 is 0. The maximum absolute atomic E-state index is 11.0. The van der Waals surface area contributed by atoms with E-state index in [-0.39, 0.29) is 4.90 Å². The summed E-state index contributed by atoms with van der Waals surface area (Å²) < 4.78 is 25.9.